The van der Waals surface area contributed by atoms with Crippen LogP contribution in [-0.2, 0) is 11.3 Å². The van der Waals surface area contributed by atoms with Gasteiger partial charge in [-0.25, -0.2) is 4.39 Å². The van der Waals surface area contributed by atoms with Crippen LogP contribution in [0.2, 0.25) is 0 Å². The van der Waals surface area contributed by atoms with E-state index in [1.54, 1.807) is 6.07 Å². The highest BCUT2D eigenvalue weighted by molar-refractivity contribution is 7.15. The van der Waals surface area contributed by atoms with Gasteiger partial charge in [0.15, 0.2) is 5.13 Å². The van der Waals surface area contributed by atoms with Crippen LogP contribution in [-0.4, -0.2) is 44.7 Å². The fourth-order valence-electron chi connectivity index (χ4n) is 3.45. The summed E-state index contributed by atoms with van der Waals surface area (Å²) in [6, 6.07) is 4.53. The average Bonchev–Trinajstić information content (AvgIpc) is 3.16. The molecular weight excluding hydrogens is 400 g/mol. The fourth-order valence-corrected chi connectivity index (χ4v) is 4.36. The Hall–Kier alpha value is -2.72. The summed E-state index contributed by atoms with van der Waals surface area (Å²) in [4.78, 5) is 17.4. The number of likely N-dealkylation sites (tertiary alicyclic amines) is 1. The normalized spacial score (nSPS) is 19.6. The molecule has 1 aliphatic rings. The van der Waals surface area contributed by atoms with E-state index in [9.17, 15) is 13.6 Å². The van der Waals surface area contributed by atoms with Gasteiger partial charge in [-0.15, -0.1) is 5.10 Å². The van der Waals surface area contributed by atoms with Gasteiger partial charge in [-0.2, -0.15) is 14.5 Å². The maximum Gasteiger partial charge on any atom is 0.241 e. The van der Waals surface area contributed by atoms with Crippen molar-refractivity contribution < 1.29 is 18.3 Å². The van der Waals surface area contributed by atoms with Crippen LogP contribution in [0.15, 0.2) is 24.4 Å². The highest BCUT2D eigenvalue weighted by atomic mass is 32.1. The minimum Gasteiger partial charge on any atom is -0.471 e. The van der Waals surface area contributed by atoms with Gasteiger partial charge in [0.2, 0.25) is 17.7 Å². The van der Waals surface area contributed by atoms with E-state index in [0.29, 0.717) is 34.6 Å². The van der Waals surface area contributed by atoms with E-state index in [1.807, 2.05) is 6.92 Å². The molecule has 1 aliphatic heterocycles. The van der Waals surface area contributed by atoms with Crippen molar-refractivity contribution in [1.82, 2.24) is 20.1 Å². The molecule has 3 aromatic rings. The predicted octanol–water partition coefficient (Wildman–Crippen LogP) is 3.36. The largest absolute Gasteiger partial charge is 0.471 e. The first-order valence-electron chi connectivity index (χ1n) is 9.13. The molecule has 152 valence electrons. The Morgan fingerprint density at radius 3 is 3.03 bits per heavy atom. The first-order chi connectivity index (χ1) is 13.9. The van der Waals surface area contributed by atoms with E-state index in [4.69, 9.17) is 4.74 Å². The molecule has 10 heteroatoms. The van der Waals surface area contributed by atoms with Crippen molar-refractivity contribution in [3.63, 3.8) is 0 Å². The summed E-state index contributed by atoms with van der Waals surface area (Å²) < 4.78 is 33.6. The molecule has 2 atom stereocenters. The van der Waals surface area contributed by atoms with Gasteiger partial charge in [-0.1, -0.05) is 11.3 Å². The topological polar surface area (TPSA) is 80.2 Å². The summed E-state index contributed by atoms with van der Waals surface area (Å²) in [5.74, 6) is -0.845. The molecule has 29 heavy (non-hydrogen) atoms. The van der Waals surface area contributed by atoms with Gasteiger partial charge in [0.25, 0.3) is 0 Å². The third-order valence-corrected chi connectivity index (χ3v) is 5.74. The lowest BCUT2D eigenvalue weighted by molar-refractivity contribution is -0.114. The lowest BCUT2D eigenvalue weighted by Gasteiger charge is -2.19. The number of anilines is 1. The molecule has 1 amide bonds. The van der Waals surface area contributed by atoms with Crippen molar-refractivity contribution in [2.24, 2.45) is 0 Å². The van der Waals surface area contributed by atoms with Gasteiger partial charge in [-0.3, -0.25) is 9.69 Å². The number of rotatable bonds is 5. The molecule has 1 fully saturated rings. The van der Waals surface area contributed by atoms with Crippen molar-refractivity contribution in [2.75, 3.05) is 11.9 Å². The van der Waals surface area contributed by atoms with Gasteiger partial charge >= 0.3 is 0 Å². The first-order valence-corrected chi connectivity index (χ1v) is 9.95. The zero-order chi connectivity index (χ0) is 20.5. The van der Waals surface area contributed by atoms with Crippen molar-refractivity contribution in [3.8, 4) is 5.88 Å². The van der Waals surface area contributed by atoms with Gasteiger partial charge in [0, 0.05) is 43.2 Å². The van der Waals surface area contributed by atoms with E-state index in [0.717, 1.165) is 17.8 Å². The number of fused-ring (bicyclic) bond motifs is 1. The highest BCUT2D eigenvalue weighted by Crippen LogP contribution is 2.30. The maximum atomic E-state index is 14.1. The number of aromatic nitrogens is 3. The third kappa shape index (κ3) is 4.33. The lowest BCUT2D eigenvalue weighted by Crippen LogP contribution is -2.28. The van der Waals surface area contributed by atoms with Crippen LogP contribution in [0, 0.1) is 11.8 Å². The van der Waals surface area contributed by atoms with E-state index in [-0.39, 0.29) is 29.0 Å². The fraction of sp³-hybridized carbons (Fsp3) is 0.368. The molecule has 4 rings (SSSR count). The quantitative estimate of drug-likeness (QED) is 0.683. The van der Waals surface area contributed by atoms with Crippen molar-refractivity contribution in [2.45, 2.75) is 39.0 Å². The van der Waals surface area contributed by atoms with Crippen LogP contribution in [0.1, 0.15) is 25.1 Å². The molecular formula is C19H19F2N5O2S. The van der Waals surface area contributed by atoms with E-state index < -0.39 is 5.95 Å². The summed E-state index contributed by atoms with van der Waals surface area (Å²) in [5.41, 5.74) is 0. The SMILES string of the molecule is CC(=O)Nc1nc(F)c(CN2CC(Oc3nncc4cc(F)ccc34)CC2C)s1. The van der Waals surface area contributed by atoms with Gasteiger partial charge < -0.3 is 10.1 Å². The summed E-state index contributed by atoms with van der Waals surface area (Å²) in [7, 11) is 0. The molecule has 0 saturated carbocycles. The van der Waals surface area contributed by atoms with Crippen molar-refractivity contribution in [1.29, 1.82) is 0 Å². The minimum absolute atomic E-state index is 0.152. The van der Waals surface area contributed by atoms with Crippen LogP contribution < -0.4 is 10.1 Å². The first kappa shape index (κ1) is 19.6. The molecule has 2 aromatic heterocycles. The molecule has 0 radical (unpaired) electrons. The number of benzene rings is 1. The summed E-state index contributed by atoms with van der Waals surface area (Å²) in [6.45, 7) is 4.35. The number of hydrogen-bond donors (Lipinski definition) is 1. The van der Waals surface area contributed by atoms with E-state index in [2.05, 4.69) is 25.4 Å². The Balaban J connectivity index is 1.46. The predicted molar refractivity (Wildman–Crippen MR) is 105 cm³/mol. The van der Waals surface area contributed by atoms with E-state index in [1.165, 1.54) is 25.3 Å². The Bertz CT molecular complexity index is 1060. The van der Waals surface area contributed by atoms with Crippen molar-refractivity contribution in [3.05, 3.63) is 41.0 Å². The number of carbonyl (C=O) groups is 1. The number of nitrogens with one attached hydrogen (secondary N) is 1. The maximum absolute atomic E-state index is 14.1. The molecule has 1 aromatic carbocycles. The molecule has 0 aliphatic carbocycles. The smallest absolute Gasteiger partial charge is 0.241 e. The highest BCUT2D eigenvalue weighted by Gasteiger charge is 2.32. The van der Waals surface area contributed by atoms with Crippen LogP contribution in [0.5, 0.6) is 5.88 Å². The number of halogens is 2. The minimum atomic E-state index is -0.572. The van der Waals surface area contributed by atoms with Crippen molar-refractivity contribution >= 4 is 33.1 Å². The van der Waals surface area contributed by atoms with Crippen LogP contribution >= 0.6 is 11.3 Å². The molecule has 2 unspecified atom stereocenters. The zero-order valence-corrected chi connectivity index (χ0v) is 16.7. The summed E-state index contributed by atoms with van der Waals surface area (Å²) in [5, 5.41) is 12.0. The Morgan fingerprint density at radius 2 is 2.24 bits per heavy atom. The second-order valence-electron chi connectivity index (χ2n) is 7.05. The Kier molecular flexibility index (Phi) is 5.37. The average molecular weight is 419 g/mol. The van der Waals surface area contributed by atoms with Gasteiger partial charge in [0.05, 0.1) is 11.1 Å². The lowest BCUT2D eigenvalue weighted by atomic mass is 10.2. The second-order valence-corrected chi connectivity index (χ2v) is 8.13. The molecule has 1 N–H and O–H groups in total. The summed E-state index contributed by atoms with van der Waals surface area (Å²) in [6.07, 6.45) is 2.08. The Morgan fingerprint density at radius 1 is 1.41 bits per heavy atom. The standard InChI is InChI=1S/C19H19F2N5O2S/c1-10-5-14(28-18-15-4-3-13(20)6-12(15)7-22-25-18)8-26(10)9-16-17(21)24-19(29-16)23-11(2)27/h3-4,6-7,10,14H,5,8-9H2,1-2H3,(H,23,24,27). The number of hydrogen-bond acceptors (Lipinski definition) is 7. The molecule has 7 nitrogen and oxygen atoms in total. The number of thiazole rings is 1. The van der Waals surface area contributed by atoms with Crippen LogP contribution in [0.25, 0.3) is 10.8 Å². The Labute approximate surface area is 169 Å². The third-order valence-electron chi connectivity index (χ3n) is 4.81. The second kappa shape index (κ2) is 7.96. The molecule has 3 heterocycles. The molecule has 0 bridgehead atoms. The molecule has 0 spiro atoms. The number of nitrogens with zero attached hydrogens (tertiary/aromatic N) is 4. The zero-order valence-electron chi connectivity index (χ0n) is 15.9. The molecule has 1 saturated heterocycles. The van der Waals surface area contributed by atoms with Crippen LogP contribution in [0.4, 0.5) is 13.9 Å². The number of carbonyl (C=O) groups excluding carboxylic acids is 1. The van der Waals surface area contributed by atoms with Crippen LogP contribution in [0.3, 0.4) is 0 Å². The van der Waals surface area contributed by atoms with E-state index >= 15 is 0 Å². The van der Waals surface area contributed by atoms with Gasteiger partial charge in [0.1, 0.15) is 11.9 Å². The number of ether oxygens (including phenoxy) is 1. The summed E-state index contributed by atoms with van der Waals surface area (Å²) >= 11 is 1.13. The number of amides is 1. The monoisotopic (exact) mass is 419 g/mol. The van der Waals surface area contributed by atoms with Gasteiger partial charge in [-0.05, 0) is 25.1 Å².